The number of ether oxygens (including phenoxy) is 3. The Morgan fingerprint density at radius 3 is 1.39 bits per heavy atom. The molecule has 26 heteroatoms. The summed E-state index contributed by atoms with van der Waals surface area (Å²) in [5, 5.41) is 23.4. The van der Waals surface area contributed by atoms with Crippen molar-refractivity contribution in [1.82, 2.24) is 40.9 Å². The zero-order valence-corrected chi connectivity index (χ0v) is 46.9. The number of rotatable bonds is 24. The van der Waals surface area contributed by atoms with Gasteiger partial charge in [0, 0.05) is 124 Å². The zero-order chi connectivity index (χ0) is 55.3. The van der Waals surface area contributed by atoms with Crippen LogP contribution in [0, 0.1) is 75.5 Å². The molecule has 3 unspecified atom stereocenters. The SMILES string of the molecule is CNC(=O)CN1CCN(CC(N)=O)CCN(CC(=O)NCN=[N+]=[N-])CCN(CC(N)=O)CC1.N[C@@H](COC1C#CCCCCC1)C(=O)N[C@@H](COC1C#CCCCCC1)C(=O)N[C@@H](COC1C#CCCCCC1)C(=O)O.[Gd]. The molecule has 6 atom stereocenters. The van der Waals surface area contributed by atoms with E-state index in [1.54, 1.807) is 7.05 Å². The molecule has 1 saturated heterocycles. The fourth-order valence-electron chi connectivity index (χ4n) is 8.29. The molecule has 0 aromatic rings. The molecule has 4 rings (SSSR count). The molecule has 0 saturated carbocycles. The van der Waals surface area contributed by atoms with Crippen molar-refractivity contribution < 1.29 is 92.8 Å². The van der Waals surface area contributed by atoms with E-state index >= 15 is 0 Å². The predicted molar refractivity (Wildman–Crippen MR) is 282 cm³/mol. The third-order valence-electron chi connectivity index (χ3n) is 12.7. The number of carboxylic acids is 1. The number of carbonyl (C=O) groups excluding carboxylic acids is 6. The van der Waals surface area contributed by atoms with Gasteiger partial charge >= 0.3 is 5.97 Å². The molecule has 25 nitrogen and oxygen atoms in total. The molecule has 1 heterocycles. The van der Waals surface area contributed by atoms with Crippen LogP contribution >= 0.6 is 0 Å². The third-order valence-corrected chi connectivity index (χ3v) is 12.7. The number of hydrogen-bond donors (Lipinski definition) is 8. The van der Waals surface area contributed by atoms with Crippen molar-refractivity contribution in [3.05, 3.63) is 10.4 Å². The van der Waals surface area contributed by atoms with Crippen LogP contribution in [0.4, 0.5) is 0 Å². The van der Waals surface area contributed by atoms with Crippen molar-refractivity contribution in [3.63, 3.8) is 0 Å². The van der Waals surface area contributed by atoms with E-state index in [1.807, 2.05) is 19.6 Å². The number of carbonyl (C=O) groups is 7. The van der Waals surface area contributed by atoms with Crippen LogP contribution in [0.3, 0.4) is 0 Å². The Kier molecular flexibility index (Phi) is 36.7. The first-order valence-corrected chi connectivity index (χ1v) is 26.5. The Labute approximate surface area is 485 Å². The molecule has 4 aliphatic rings. The van der Waals surface area contributed by atoms with Gasteiger partial charge in [-0.3, -0.25) is 48.4 Å². The topological polar surface area (TPSA) is 355 Å². The van der Waals surface area contributed by atoms with Gasteiger partial charge in [-0.05, 0) is 63.3 Å². The second-order valence-electron chi connectivity index (χ2n) is 19.0. The number of nitrogens with zero attached hydrogens (tertiary/aromatic N) is 7. The summed E-state index contributed by atoms with van der Waals surface area (Å²) in [6.07, 6.45) is 12.7. The summed E-state index contributed by atoms with van der Waals surface area (Å²) in [7, 11) is 1.56. The van der Waals surface area contributed by atoms with Crippen LogP contribution < -0.4 is 38.5 Å². The summed E-state index contributed by atoms with van der Waals surface area (Å²) >= 11 is 0. The van der Waals surface area contributed by atoms with Crippen LogP contribution in [0.25, 0.3) is 10.4 Å². The number of amides is 6. The van der Waals surface area contributed by atoms with Crippen molar-refractivity contribution >= 4 is 41.4 Å². The molecule has 0 aromatic heterocycles. The summed E-state index contributed by atoms with van der Waals surface area (Å²) < 4.78 is 17.5. The average molecular weight is 1220 g/mol. The smallest absolute Gasteiger partial charge is 0.328 e. The van der Waals surface area contributed by atoms with Crippen LogP contribution in [0.15, 0.2) is 5.11 Å². The molecule has 77 heavy (non-hydrogen) atoms. The Balaban J connectivity index is 0.000000539. The Morgan fingerprint density at radius 2 is 0.987 bits per heavy atom. The van der Waals surface area contributed by atoms with E-state index in [-0.39, 0.29) is 117 Å². The van der Waals surface area contributed by atoms with Gasteiger partial charge in [0.1, 0.15) is 30.4 Å². The second kappa shape index (κ2) is 41.3. The quantitative estimate of drug-likeness (QED) is 0.0242. The maximum Gasteiger partial charge on any atom is 0.328 e. The summed E-state index contributed by atoms with van der Waals surface area (Å²) in [5.74, 6) is 14.5. The monoisotopic (exact) mass is 1220 g/mol. The molecule has 1 aliphatic heterocycles. The van der Waals surface area contributed by atoms with Crippen molar-refractivity contribution in [3.8, 4) is 35.5 Å². The predicted octanol–water partition coefficient (Wildman–Crippen LogP) is -1.27. The number of nitrogens with one attached hydrogen (secondary N) is 4. The molecule has 0 radical (unpaired) electrons. The summed E-state index contributed by atoms with van der Waals surface area (Å²) in [6, 6.07) is -3.59. The largest absolute Gasteiger partial charge is 0.480 e. The van der Waals surface area contributed by atoms with E-state index in [2.05, 4.69) is 66.8 Å². The zero-order valence-electron chi connectivity index (χ0n) is 44.6. The van der Waals surface area contributed by atoms with E-state index in [9.17, 15) is 38.7 Å². The summed E-state index contributed by atoms with van der Waals surface area (Å²) in [4.78, 5) is 95.8. The van der Waals surface area contributed by atoms with Crippen molar-refractivity contribution in [2.45, 2.75) is 133 Å². The molecule has 1 fully saturated rings. The minimum absolute atomic E-state index is 0. The maximum atomic E-state index is 13.4. The van der Waals surface area contributed by atoms with E-state index < -0.39 is 53.8 Å². The fraction of sp³-hybridized carbons (Fsp3) is 0.745. The molecule has 6 amide bonds. The Morgan fingerprint density at radius 1 is 0.597 bits per heavy atom. The number of azide groups is 1. The van der Waals surface area contributed by atoms with E-state index in [1.165, 1.54) is 0 Å². The minimum Gasteiger partial charge on any atom is -0.480 e. The molecule has 11 N–H and O–H groups in total. The second-order valence-corrected chi connectivity index (χ2v) is 19.0. The van der Waals surface area contributed by atoms with Crippen LogP contribution in [-0.2, 0) is 47.8 Å². The number of carboxylic acid groups (broad SMARTS) is 1. The molecule has 430 valence electrons. The Hall–Kier alpha value is -4.72. The van der Waals surface area contributed by atoms with Gasteiger partial charge in [-0.1, -0.05) is 42.1 Å². The van der Waals surface area contributed by atoms with Crippen LogP contribution in [-0.4, -0.2) is 215 Å². The minimum atomic E-state index is -1.34. The first-order chi connectivity index (χ1) is 36.6. The fourth-order valence-corrected chi connectivity index (χ4v) is 8.29. The molecule has 0 bridgehead atoms. The van der Waals surface area contributed by atoms with Crippen molar-refractivity contribution in [1.29, 1.82) is 0 Å². The maximum absolute atomic E-state index is 13.4. The third kappa shape index (κ3) is 32.1. The number of likely N-dealkylation sites (N-methyl/N-ethyl adjacent to an activating group) is 1. The molecular weight excluding hydrogens is 1140 g/mol. The van der Waals surface area contributed by atoms with Gasteiger partial charge in [0.05, 0.1) is 52.7 Å². The normalized spacial score (nSPS) is 21.2. The van der Waals surface area contributed by atoms with E-state index in [0.29, 0.717) is 65.2 Å². The van der Waals surface area contributed by atoms with Gasteiger partial charge in [0.2, 0.25) is 35.4 Å². The number of primary amides is 2. The first kappa shape index (κ1) is 68.4. The standard InChI is InChI=1S/C33H47N3O7.C18H35N11O4.Gd/c34-28(22-41-25-16-10-4-1-5-11-17-25)31(37)35-29(23-42-26-18-12-6-2-7-13-19-26)32(38)36-30(33(39)40)24-43-27-20-14-8-3-9-15-21-27;1-22-17(32)12-28-6-2-26(10-15(19)30)4-8-29(13-18(33)23-14-24-25-21)9-5-27(3-7-28)11-16(20)31;/h25-30H,1-10,12,14,16,18,20,22-24,34H2,(H,35,37)(H,36,38)(H,39,40);2-14H2,1H3,(H2,19,30)(H2,20,31)(H,22,32)(H,23,33);/t25?,26?,27?,28-,29-,30-;;/m0../s1. The van der Waals surface area contributed by atoms with Gasteiger partial charge in [0.25, 0.3) is 0 Å². The number of hydrogen-bond acceptors (Lipinski definition) is 16. The number of nitrogens with two attached hydrogens (primary N) is 3. The van der Waals surface area contributed by atoms with Gasteiger partial charge < -0.3 is 57.8 Å². The van der Waals surface area contributed by atoms with Crippen LogP contribution in [0.1, 0.15) is 96.3 Å². The summed E-state index contributed by atoms with van der Waals surface area (Å²) in [5.41, 5.74) is 25.3. The molecule has 0 aromatic carbocycles. The van der Waals surface area contributed by atoms with Gasteiger partial charge in [0.15, 0.2) is 6.04 Å². The van der Waals surface area contributed by atoms with Gasteiger partial charge in [-0.15, -0.1) is 17.8 Å². The van der Waals surface area contributed by atoms with Crippen LogP contribution in [0.2, 0.25) is 0 Å². The molecule has 3 aliphatic carbocycles. The van der Waals surface area contributed by atoms with E-state index in [4.69, 9.17) is 36.9 Å². The summed E-state index contributed by atoms with van der Waals surface area (Å²) in [6.45, 7) is 3.55. The van der Waals surface area contributed by atoms with Gasteiger partial charge in [-0.2, -0.15) is 0 Å². The Bertz CT molecular complexity index is 2070. The first-order valence-electron chi connectivity index (χ1n) is 26.5. The van der Waals surface area contributed by atoms with E-state index in [0.717, 1.165) is 83.5 Å². The average Bonchev–Trinajstić information content (AvgIpc) is 3.34. The molecular formula is C51H82GdN14O11. The van der Waals surface area contributed by atoms with Crippen molar-refractivity contribution in [2.75, 3.05) is 112 Å². The van der Waals surface area contributed by atoms with Crippen molar-refractivity contribution in [2.24, 2.45) is 22.3 Å². The molecule has 0 spiro atoms. The van der Waals surface area contributed by atoms with Crippen LogP contribution in [0.5, 0.6) is 0 Å². The number of aliphatic carboxylic acids is 1. The van der Waals surface area contributed by atoms with Gasteiger partial charge in [-0.25, -0.2) is 4.79 Å².